The Morgan fingerprint density at radius 3 is 2.58 bits per heavy atom. The van der Waals surface area contributed by atoms with E-state index in [-0.39, 0.29) is 0 Å². The first-order valence-electron chi connectivity index (χ1n) is 11.5. The van der Waals surface area contributed by atoms with Crippen LogP contribution < -0.4 is 4.31 Å². The van der Waals surface area contributed by atoms with Crippen molar-refractivity contribution in [1.82, 2.24) is 9.47 Å². The summed E-state index contributed by atoms with van der Waals surface area (Å²) in [6.07, 6.45) is 6.40. The molecule has 0 fully saturated rings. The van der Waals surface area contributed by atoms with Gasteiger partial charge in [-0.05, 0) is 42.0 Å². The number of rotatable bonds is 5. The maximum Gasteiger partial charge on any atom is 0.265 e. The largest absolute Gasteiger partial charge is 0.350 e. The zero-order valence-electron chi connectivity index (χ0n) is 18.7. The minimum atomic E-state index is -3.46. The van der Waals surface area contributed by atoms with Gasteiger partial charge in [0.15, 0.2) is 0 Å². The summed E-state index contributed by atoms with van der Waals surface area (Å²) in [5.41, 5.74) is 4.83. The number of aromatic nitrogens is 1. The van der Waals surface area contributed by atoms with E-state index in [1.54, 1.807) is 10.4 Å². The zero-order chi connectivity index (χ0) is 22.6. The second-order valence-corrected chi connectivity index (χ2v) is 10.8. The normalized spacial score (nSPS) is 17.7. The molecule has 4 aromatic rings. The van der Waals surface area contributed by atoms with Crippen LogP contribution in [0.5, 0.6) is 0 Å². The molecule has 0 N–H and O–H groups in total. The molecule has 0 spiro atoms. The molecule has 0 saturated heterocycles. The average molecular weight is 458 g/mol. The zero-order valence-corrected chi connectivity index (χ0v) is 19.6. The van der Waals surface area contributed by atoms with Gasteiger partial charge in [-0.3, -0.25) is 9.21 Å². The summed E-state index contributed by atoms with van der Waals surface area (Å²) in [5.74, 6) is 0. The van der Waals surface area contributed by atoms with Crippen molar-refractivity contribution >= 4 is 43.0 Å². The Morgan fingerprint density at radius 1 is 0.939 bits per heavy atom. The third-order valence-electron chi connectivity index (χ3n) is 7.05. The molecule has 0 aliphatic carbocycles. The van der Waals surface area contributed by atoms with Crippen LogP contribution in [0.2, 0.25) is 0 Å². The first-order chi connectivity index (χ1) is 16.0. The minimum Gasteiger partial charge on any atom is -0.350 e. The summed E-state index contributed by atoms with van der Waals surface area (Å²) in [7, 11) is -1.36. The molecule has 0 bridgehead atoms. The van der Waals surface area contributed by atoms with Gasteiger partial charge >= 0.3 is 0 Å². The molecule has 2 aliphatic rings. The van der Waals surface area contributed by atoms with Crippen LogP contribution in [0.4, 0.5) is 5.69 Å². The number of para-hydroxylation sites is 1. The lowest BCUT2D eigenvalue weighted by Crippen LogP contribution is -2.34. The number of aryl methyl sites for hydroxylation is 1. The first kappa shape index (κ1) is 20.5. The molecule has 3 heterocycles. The summed E-state index contributed by atoms with van der Waals surface area (Å²) in [6.45, 7) is 3.29. The van der Waals surface area contributed by atoms with E-state index < -0.39 is 10.0 Å². The molecular formula is C27H27N3O2S. The van der Waals surface area contributed by atoms with Crippen LogP contribution in [-0.4, -0.2) is 44.1 Å². The molecule has 5 nitrogen and oxygen atoms in total. The number of hydrogen-bond donors (Lipinski definition) is 0. The van der Waals surface area contributed by atoms with Crippen LogP contribution in [0.15, 0.2) is 77.8 Å². The van der Waals surface area contributed by atoms with Crippen molar-refractivity contribution in [2.75, 3.05) is 30.5 Å². The second kappa shape index (κ2) is 7.75. The Kier molecular flexibility index (Phi) is 4.82. The smallest absolute Gasteiger partial charge is 0.265 e. The van der Waals surface area contributed by atoms with Crippen LogP contribution in [0, 0.1) is 0 Å². The van der Waals surface area contributed by atoms with E-state index in [0.29, 0.717) is 11.4 Å². The molecule has 0 radical (unpaired) electrons. The maximum atomic E-state index is 13.2. The van der Waals surface area contributed by atoms with Gasteiger partial charge in [0, 0.05) is 61.3 Å². The van der Waals surface area contributed by atoms with Gasteiger partial charge in [0.25, 0.3) is 10.0 Å². The summed E-state index contributed by atoms with van der Waals surface area (Å²) in [5, 5.41) is 3.16. The Morgan fingerprint density at radius 2 is 1.76 bits per heavy atom. The van der Waals surface area contributed by atoms with Gasteiger partial charge in [0.2, 0.25) is 0 Å². The van der Waals surface area contributed by atoms with Crippen molar-refractivity contribution < 1.29 is 8.42 Å². The third-order valence-corrected chi connectivity index (χ3v) is 8.91. The highest BCUT2D eigenvalue weighted by molar-refractivity contribution is 7.93. The summed E-state index contributed by atoms with van der Waals surface area (Å²) in [6, 6.07) is 19.9. The number of anilines is 1. The maximum absolute atomic E-state index is 13.2. The lowest BCUT2D eigenvalue weighted by atomic mass is 9.99. The standard InChI is InChI=1S/C27H27N3O2S/c1-28-19-23(22-9-2-3-10-24(22)28)20-13-17-29(18-14-20)15-6-16-30-25-11-4-7-21-8-5-12-26(27(21)25)33(30,31)32/h2-5,7-13,19H,6,14-18H2,1H3. The van der Waals surface area contributed by atoms with E-state index >= 15 is 0 Å². The number of sulfonamides is 1. The van der Waals surface area contributed by atoms with E-state index in [2.05, 4.69) is 53.1 Å². The van der Waals surface area contributed by atoms with Gasteiger partial charge in [-0.1, -0.05) is 48.5 Å². The predicted molar refractivity (Wildman–Crippen MR) is 135 cm³/mol. The van der Waals surface area contributed by atoms with Gasteiger partial charge in [-0.2, -0.15) is 0 Å². The molecule has 1 aromatic heterocycles. The molecule has 3 aromatic carbocycles. The predicted octanol–water partition coefficient (Wildman–Crippen LogP) is 5.02. The topological polar surface area (TPSA) is 45.5 Å². The SMILES string of the molecule is Cn1cc(C2=CCN(CCCN3c4cccc5cccc(c45)S3(=O)=O)CC2)c2ccccc21. The average Bonchev–Trinajstić information content (AvgIpc) is 3.28. The van der Waals surface area contributed by atoms with Crippen molar-refractivity contribution in [1.29, 1.82) is 0 Å². The van der Waals surface area contributed by atoms with Crippen LogP contribution in [0.25, 0.3) is 27.2 Å². The summed E-state index contributed by atoms with van der Waals surface area (Å²) >= 11 is 0. The monoisotopic (exact) mass is 457 g/mol. The fourth-order valence-corrected chi connectivity index (χ4v) is 7.14. The Bertz CT molecular complexity index is 1510. The van der Waals surface area contributed by atoms with Crippen LogP contribution in [0.1, 0.15) is 18.4 Å². The lowest BCUT2D eigenvalue weighted by Gasteiger charge is -2.27. The van der Waals surface area contributed by atoms with Gasteiger partial charge < -0.3 is 4.57 Å². The van der Waals surface area contributed by atoms with E-state index in [4.69, 9.17) is 0 Å². The second-order valence-electron chi connectivity index (χ2n) is 9.01. The summed E-state index contributed by atoms with van der Waals surface area (Å²) < 4.78 is 30.1. The number of hydrogen-bond acceptors (Lipinski definition) is 3. The molecule has 0 unspecified atom stereocenters. The van der Waals surface area contributed by atoms with Gasteiger partial charge in [-0.15, -0.1) is 0 Å². The third kappa shape index (κ3) is 3.28. The van der Waals surface area contributed by atoms with E-state index in [0.717, 1.165) is 48.9 Å². The van der Waals surface area contributed by atoms with Crippen LogP contribution in [-0.2, 0) is 17.1 Å². The number of fused-ring (bicyclic) bond motifs is 1. The molecular weight excluding hydrogens is 430 g/mol. The molecule has 2 aliphatic heterocycles. The van der Waals surface area contributed by atoms with Crippen molar-refractivity contribution in [3.8, 4) is 0 Å². The van der Waals surface area contributed by atoms with E-state index in [1.807, 2.05) is 30.3 Å². The Balaban J connectivity index is 1.14. The number of nitrogens with zero attached hydrogens (tertiary/aromatic N) is 3. The fraction of sp³-hybridized carbons (Fsp3) is 0.259. The number of benzene rings is 3. The highest BCUT2D eigenvalue weighted by atomic mass is 32.2. The van der Waals surface area contributed by atoms with Gasteiger partial charge in [-0.25, -0.2) is 8.42 Å². The Hall–Kier alpha value is -3.09. The van der Waals surface area contributed by atoms with Crippen molar-refractivity contribution in [3.05, 3.63) is 78.5 Å². The van der Waals surface area contributed by atoms with E-state index in [9.17, 15) is 8.42 Å². The van der Waals surface area contributed by atoms with Crippen molar-refractivity contribution in [2.24, 2.45) is 7.05 Å². The molecule has 33 heavy (non-hydrogen) atoms. The highest BCUT2D eigenvalue weighted by Gasteiger charge is 2.35. The molecule has 0 amide bonds. The van der Waals surface area contributed by atoms with Gasteiger partial charge in [0.1, 0.15) is 0 Å². The van der Waals surface area contributed by atoms with Crippen LogP contribution in [0.3, 0.4) is 0 Å². The lowest BCUT2D eigenvalue weighted by molar-refractivity contribution is 0.300. The quantitative estimate of drug-likeness (QED) is 0.423. The van der Waals surface area contributed by atoms with E-state index in [1.165, 1.54) is 22.0 Å². The van der Waals surface area contributed by atoms with Crippen molar-refractivity contribution in [3.63, 3.8) is 0 Å². The van der Waals surface area contributed by atoms with Crippen LogP contribution >= 0.6 is 0 Å². The molecule has 6 rings (SSSR count). The molecule has 0 atom stereocenters. The Labute approximate surface area is 194 Å². The summed E-state index contributed by atoms with van der Waals surface area (Å²) in [4.78, 5) is 2.86. The van der Waals surface area contributed by atoms with Crippen molar-refractivity contribution in [2.45, 2.75) is 17.7 Å². The fourth-order valence-electron chi connectivity index (χ4n) is 5.39. The molecule has 0 saturated carbocycles. The highest BCUT2D eigenvalue weighted by Crippen LogP contribution is 2.42. The molecule has 6 heteroatoms. The first-order valence-corrected chi connectivity index (χ1v) is 13.0. The molecule has 168 valence electrons. The minimum absolute atomic E-state index is 0.441. The van der Waals surface area contributed by atoms with Gasteiger partial charge in [0.05, 0.1) is 10.6 Å².